The molecule has 33 heavy (non-hydrogen) atoms. The third kappa shape index (κ3) is 4.85. The number of carbonyl (C=O) groups excluding carboxylic acids is 1. The van der Waals surface area contributed by atoms with Gasteiger partial charge in [-0.3, -0.25) is 14.3 Å². The van der Waals surface area contributed by atoms with Gasteiger partial charge in [0.1, 0.15) is 5.02 Å². The highest BCUT2D eigenvalue weighted by Crippen LogP contribution is 2.29. The number of pyridine rings is 1. The van der Waals surface area contributed by atoms with Gasteiger partial charge in [0.15, 0.2) is 5.82 Å². The predicted molar refractivity (Wildman–Crippen MR) is 114 cm³/mol. The second-order valence-electron chi connectivity index (χ2n) is 7.60. The van der Waals surface area contributed by atoms with Crippen molar-refractivity contribution < 1.29 is 18.0 Å². The first-order chi connectivity index (χ1) is 15.6. The number of piperidine rings is 1. The lowest BCUT2D eigenvalue weighted by molar-refractivity contribution is -0.137. The Bertz CT molecular complexity index is 1220. The number of halogens is 4. The highest BCUT2D eigenvalue weighted by molar-refractivity contribution is 6.33. The molecule has 1 aliphatic rings. The summed E-state index contributed by atoms with van der Waals surface area (Å²) in [6.45, 7) is 1.06. The van der Waals surface area contributed by atoms with E-state index in [2.05, 4.69) is 20.5 Å². The molecule has 3 aromatic rings. The minimum atomic E-state index is -4.53. The molecule has 0 aliphatic carbocycles. The Hall–Kier alpha value is -3.41. The van der Waals surface area contributed by atoms with Gasteiger partial charge in [0.25, 0.3) is 11.5 Å². The van der Waals surface area contributed by atoms with Crippen LogP contribution in [0.25, 0.3) is 5.82 Å². The van der Waals surface area contributed by atoms with Crippen LogP contribution < -0.4 is 15.8 Å². The second-order valence-corrected chi connectivity index (χ2v) is 7.98. The van der Waals surface area contributed by atoms with Crippen LogP contribution in [0.1, 0.15) is 28.8 Å². The highest BCUT2D eigenvalue weighted by Gasteiger charge is 2.31. The molecule has 0 aromatic carbocycles. The molecule has 1 fully saturated rings. The van der Waals surface area contributed by atoms with Gasteiger partial charge < -0.3 is 10.2 Å². The average molecular weight is 482 g/mol. The number of nitrogens with zero attached hydrogens (tertiary/aromatic N) is 6. The van der Waals surface area contributed by atoms with E-state index in [-0.39, 0.29) is 22.8 Å². The zero-order valence-electron chi connectivity index (χ0n) is 17.4. The van der Waals surface area contributed by atoms with Crippen molar-refractivity contribution in [2.24, 2.45) is 7.05 Å². The van der Waals surface area contributed by atoms with E-state index in [0.29, 0.717) is 43.4 Å². The van der Waals surface area contributed by atoms with Gasteiger partial charge >= 0.3 is 6.18 Å². The number of hydrogen-bond donors (Lipinski definition) is 1. The monoisotopic (exact) mass is 481 g/mol. The molecule has 1 amide bonds. The molecular weight excluding hydrogens is 463 g/mol. The molecule has 3 aromatic heterocycles. The molecule has 0 unspecified atom stereocenters. The van der Waals surface area contributed by atoms with E-state index in [9.17, 15) is 22.8 Å². The van der Waals surface area contributed by atoms with Crippen LogP contribution in [0.5, 0.6) is 0 Å². The topological polar surface area (TPSA) is 97.9 Å². The van der Waals surface area contributed by atoms with Crippen molar-refractivity contribution in [1.29, 1.82) is 0 Å². The zero-order chi connectivity index (χ0) is 23.8. The molecule has 13 heteroatoms. The van der Waals surface area contributed by atoms with Gasteiger partial charge in [-0.1, -0.05) is 11.6 Å². The summed E-state index contributed by atoms with van der Waals surface area (Å²) in [6.07, 6.45) is 1.88. The van der Waals surface area contributed by atoms with Crippen molar-refractivity contribution in [3.63, 3.8) is 0 Å². The summed E-state index contributed by atoms with van der Waals surface area (Å²) in [6, 6.07) is 1.84. The van der Waals surface area contributed by atoms with Crippen LogP contribution in [0.2, 0.25) is 5.02 Å². The van der Waals surface area contributed by atoms with Crippen LogP contribution >= 0.6 is 11.6 Å². The van der Waals surface area contributed by atoms with Gasteiger partial charge in [-0.2, -0.15) is 28.1 Å². The second kappa shape index (κ2) is 8.85. The molecule has 0 bridgehead atoms. The first kappa shape index (κ1) is 22.8. The number of aromatic nitrogens is 5. The van der Waals surface area contributed by atoms with E-state index in [1.807, 2.05) is 4.90 Å². The third-order valence-corrected chi connectivity index (χ3v) is 5.69. The molecule has 0 radical (unpaired) electrons. The number of hydrogen-bond acceptors (Lipinski definition) is 6. The molecule has 0 saturated carbocycles. The maximum absolute atomic E-state index is 12.7. The van der Waals surface area contributed by atoms with Crippen LogP contribution in [0, 0.1) is 0 Å². The van der Waals surface area contributed by atoms with Crippen molar-refractivity contribution in [3.05, 3.63) is 63.4 Å². The lowest BCUT2D eigenvalue weighted by atomic mass is 10.0. The van der Waals surface area contributed by atoms with Crippen LogP contribution in [0.4, 0.5) is 18.9 Å². The molecule has 4 rings (SSSR count). The van der Waals surface area contributed by atoms with Crippen molar-refractivity contribution in [1.82, 2.24) is 29.9 Å². The van der Waals surface area contributed by atoms with Gasteiger partial charge in [-0.25, -0.2) is 4.98 Å². The normalized spacial score (nSPS) is 15.0. The Morgan fingerprint density at radius 3 is 2.45 bits per heavy atom. The molecule has 1 N–H and O–H groups in total. The summed E-state index contributed by atoms with van der Waals surface area (Å²) in [5.74, 6) is -0.272. The van der Waals surface area contributed by atoms with Crippen LogP contribution in [0.15, 0.2) is 41.7 Å². The maximum atomic E-state index is 12.7. The molecule has 1 aliphatic heterocycles. The summed E-state index contributed by atoms with van der Waals surface area (Å²) in [7, 11) is 1.73. The number of nitrogens with one attached hydrogen (secondary N) is 1. The summed E-state index contributed by atoms with van der Waals surface area (Å²) in [5, 5.41) is 10.9. The Balaban J connectivity index is 1.44. The highest BCUT2D eigenvalue weighted by atomic mass is 35.5. The van der Waals surface area contributed by atoms with Crippen molar-refractivity contribution >= 4 is 23.2 Å². The first-order valence-corrected chi connectivity index (χ1v) is 10.4. The minimum absolute atomic E-state index is 0.0441. The fraction of sp³-hybridized carbons (Fsp3) is 0.350. The first-order valence-electron chi connectivity index (χ1n) is 9.99. The molecule has 0 spiro atoms. The fourth-order valence-electron chi connectivity index (χ4n) is 3.56. The summed E-state index contributed by atoms with van der Waals surface area (Å²) < 4.78 is 40.6. The predicted octanol–water partition coefficient (Wildman–Crippen LogP) is 2.43. The van der Waals surface area contributed by atoms with E-state index in [1.54, 1.807) is 17.9 Å². The van der Waals surface area contributed by atoms with Gasteiger partial charge in [0.05, 0.1) is 29.2 Å². The third-order valence-electron chi connectivity index (χ3n) is 5.33. The van der Waals surface area contributed by atoms with Crippen LogP contribution in [-0.2, 0) is 13.2 Å². The van der Waals surface area contributed by atoms with E-state index in [4.69, 9.17) is 11.6 Å². The molecule has 1 saturated heterocycles. The molecular formula is C20H19ClF3N7O2. The number of carbonyl (C=O) groups is 1. The van der Waals surface area contributed by atoms with Crippen molar-refractivity contribution in [3.8, 4) is 5.82 Å². The lowest BCUT2D eigenvalue weighted by Gasteiger charge is -2.34. The smallest absolute Gasteiger partial charge is 0.369 e. The van der Waals surface area contributed by atoms with E-state index in [1.165, 1.54) is 12.4 Å². The molecule has 0 atom stereocenters. The molecule has 174 valence electrons. The Morgan fingerprint density at radius 1 is 1.15 bits per heavy atom. The Labute approximate surface area is 190 Å². The Kier molecular flexibility index (Phi) is 6.11. The number of alkyl halides is 3. The fourth-order valence-corrected chi connectivity index (χ4v) is 3.81. The van der Waals surface area contributed by atoms with Crippen LogP contribution in [0.3, 0.4) is 0 Å². The van der Waals surface area contributed by atoms with Crippen LogP contribution in [-0.4, -0.2) is 49.6 Å². The molecule has 4 heterocycles. The largest absolute Gasteiger partial charge is 0.417 e. The summed E-state index contributed by atoms with van der Waals surface area (Å²) in [4.78, 5) is 30.6. The standard InChI is InChI=1S/C20H19ClF3N7O2/c1-29-11-12(8-26-29)18(32)28-14-4-6-30(7-5-14)15-10-27-31(19(33)17(15)21)16-3-2-13(9-25-16)20(22,23)24/h2-3,8-11,14H,4-7H2,1H3,(H,28,32). The maximum Gasteiger partial charge on any atom is 0.417 e. The SMILES string of the molecule is Cn1cc(C(=O)NC2CCN(c3cnn(-c4ccc(C(F)(F)F)cn4)c(=O)c3Cl)CC2)cn1. The van der Waals surface area contributed by atoms with E-state index in [0.717, 1.165) is 16.8 Å². The van der Waals surface area contributed by atoms with Crippen molar-refractivity contribution in [2.45, 2.75) is 25.1 Å². The summed E-state index contributed by atoms with van der Waals surface area (Å²) >= 11 is 6.29. The average Bonchev–Trinajstić information content (AvgIpc) is 3.22. The van der Waals surface area contributed by atoms with Gasteiger partial charge in [-0.15, -0.1) is 0 Å². The number of aryl methyl sites for hydroxylation is 1. The van der Waals surface area contributed by atoms with E-state index < -0.39 is 17.3 Å². The minimum Gasteiger partial charge on any atom is -0.369 e. The van der Waals surface area contributed by atoms with E-state index >= 15 is 0 Å². The summed E-state index contributed by atoms with van der Waals surface area (Å²) in [5.41, 5.74) is -0.719. The number of rotatable bonds is 4. The van der Waals surface area contributed by atoms with Crippen molar-refractivity contribution in [2.75, 3.05) is 18.0 Å². The van der Waals surface area contributed by atoms with Gasteiger partial charge in [0, 0.05) is 38.6 Å². The van der Waals surface area contributed by atoms with Gasteiger partial charge in [-0.05, 0) is 25.0 Å². The van der Waals surface area contributed by atoms with Gasteiger partial charge in [0.2, 0.25) is 0 Å². The number of amides is 1. The quantitative estimate of drug-likeness (QED) is 0.614. The Morgan fingerprint density at radius 2 is 1.88 bits per heavy atom. The molecule has 9 nitrogen and oxygen atoms in total. The number of anilines is 1. The lowest BCUT2D eigenvalue weighted by Crippen LogP contribution is -2.45. The zero-order valence-corrected chi connectivity index (χ0v) is 18.1.